The van der Waals surface area contributed by atoms with Crippen LogP contribution in [0.3, 0.4) is 0 Å². The molecule has 0 saturated heterocycles. The van der Waals surface area contributed by atoms with Crippen molar-refractivity contribution in [3.8, 4) is 5.75 Å². The van der Waals surface area contributed by atoms with Crippen LogP contribution in [0.15, 0.2) is 48.5 Å². The van der Waals surface area contributed by atoms with Gasteiger partial charge in [0.1, 0.15) is 5.75 Å². The normalized spacial score (nSPS) is 11.3. The van der Waals surface area contributed by atoms with Crippen LogP contribution in [0.5, 0.6) is 5.75 Å². The van der Waals surface area contributed by atoms with Gasteiger partial charge in [0.25, 0.3) is 11.8 Å². The summed E-state index contributed by atoms with van der Waals surface area (Å²) in [5.74, 6) is -1.69. The Hall–Kier alpha value is -3.35. The van der Waals surface area contributed by atoms with Crippen LogP contribution in [0.2, 0.25) is 0 Å². The third-order valence-corrected chi connectivity index (χ3v) is 3.49. The van der Waals surface area contributed by atoms with E-state index >= 15 is 0 Å². The summed E-state index contributed by atoms with van der Waals surface area (Å²) in [6.45, 7) is 2.94. The minimum Gasteiger partial charge on any atom is -0.481 e. The number of benzene rings is 2. The second-order valence-electron chi connectivity index (χ2n) is 5.64. The number of esters is 1. The van der Waals surface area contributed by atoms with Crippen molar-refractivity contribution < 1.29 is 23.9 Å². The summed E-state index contributed by atoms with van der Waals surface area (Å²) < 4.78 is 10.3. The lowest BCUT2D eigenvalue weighted by atomic mass is 10.2. The van der Waals surface area contributed by atoms with E-state index in [0.717, 1.165) is 5.56 Å². The Morgan fingerprint density at radius 2 is 1.73 bits per heavy atom. The summed E-state index contributed by atoms with van der Waals surface area (Å²) in [6.07, 6.45) is -1.00. The van der Waals surface area contributed by atoms with Gasteiger partial charge >= 0.3 is 5.97 Å². The number of carbonyl (C=O) groups is 3. The minimum atomic E-state index is -1.00. The lowest BCUT2D eigenvalue weighted by Gasteiger charge is -2.14. The van der Waals surface area contributed by atoms with Crippen molar-refractivity contribution in [3.05, 3.63) is 59.7 Å². The second-order valence-corrected chi connectivity index (χ2v) is 5.64. The average molecular weight is 356 g/mol. The van der Waals surface area contributed by atoms with Crippen molar-refractivity contribution in [2.24, 2.45) is 5.73 Å². The summed E-state index contributed by atoms with van der Waals surface area (Å²) in [5, 5.41) is 2.65. The number of para-hydroxylation sites is 1. The Bertz CT molecular complexity index is 802. The van der Waals surface area contributed by atoms with E-state index in [0.29, 0.717) is 5.69 Å². The SMILES string of the molecule is Cc1ccc(NC(=O)[C@@H](C)OC(=O)COc2ccccc2C(N)=O)cc1. The molecule has 0 unspecified atom stereocenters. The van der Waals surface area contributed by atoms with Crippen molar-refractivity contribution >= 4 is 23.5 Å². The molecule has 2 aromatic rings. The van der Waals surface area contributed by atoms with Gasteiger partial charge in [0.15, 0.2) is 12.7 Å². The molecule has 26 heavy (non-hydrogen) atoms. The third kappa shape index (κ3) is 5.34. The second kappa shape index (κ2) is 8.66. The summed E-state index contributed by atoms with van der Waals surface area (Å²) in [5.41, 5.74) is 7.07. The molecule has 0 fully saturated rings. The Kier molecular flexibility index (Phi) is 6.32. The molecule has 0 heterocycles. The number of hydrogen-bond acceptors (Lipinski definition) is 5. The molecule has 0 aromatic heterocycles. The smallest absolute Gasteiger partial charge is 0.344 e. The average Bonchev–Trinajstić information content (AvgIpc) is 2.62. The van der Waals surface area contributed by atoms with Gasteiger partial charge in [-0.3, -0.25) is 9.59 Å². The summed E-state index contributed by atoms with van der Waals surface area (Å²) in [4.78, 5) is 35.2. The highest BCUT2D eigenvalue weighted by Gasteiger charge is 2.19. The lowest BCUT2D eigenvalue weighted by molar-refractivity contribution is -0.155. The van der Waals surface area contributed by atoms with E-state index in [1.807, 2.05) is 19.1 Å². The largest absolute Gasteiger partial charge is 0.481 e. The highest BCUT2D eigenvalue weighted by atomic mass is 16.6. The van der Waals surface area contributed by atoms with E-state index in [9.17, 15) is 14.4 Å². The predicted molar refractivity (Wildman–Crippen MR) is 95.8 cm³/mol. The van der Waals surface area contributed by atoms with Crippen LogP contribution >= 0.6 is 0 Å². The van der Waals surface area contributed by atoms with Gasteiger partial charge in [-0.1, -0.05) is 29.8 Å². The molecule has 0 saturated carbocycles. The number of nitrogens with two attached hydrogens (primary N) is 1. The first kappa shape index (κ1) is 19.0. The van der Waals surface area contributed by atoms with Crippen molar-refractivity contribution in [1.82, 2.24) is 0 Å². The zero-order valence-corrected chi connectivity index (χ0v) is 14.5. The van der Waals surface area contributed by atoms with Crippen LogP contribution in [0.4, 0.5) is 5.69 Å². The van der Waals surface area contributed by atoms with Gasteiger partial charge in [-0.2, -0.15) is 0 Å². The number of anilines is 1. The van der Waals surface area contributed by atoms with E-state index in [1.54, 1.807) is 24.3 Å². The fourth-order valence-corrected chi connectivity index (χ4v) is 2.10. The van der Waals surface area contributed by atoms with Crippen LogP contribution in [-0.4, -0.2) is 30.5 Å². The zero-order chi connectivity index (χ0) is 19.1. The molecule has 0 aliphatic rings. The van der Waals surface area contributed by atoms with Gasteiger partial charge in [0.05, 0.1) is 5.56 Å². The Balaban J connectivity index is 1.86. The van der Waals surface area contributed by atoms with E-state index in [4.69, 9.17) is 15.2 Å². The lowest BCUT2D eigenvalue weighted by Crippen LogP contribution is -2.31. The van der Waals surface area contributed by atoms with Gasteiger partial charge in [0, 0.05) is 5.69 Å². The maximum atomic E-state index is 12.1. The molecule has 2 aromatic carbocycles. The maximum Gasteiger partial charge on any atom is 0.344 e. The van der Waals surface area contributed by atoms with Crippen LogP contribution in [0, 0.1) is 6.92 Å². The molecular formula is C19H20N2O5. The molecule has 0 spiro atoms. The standard InChI is InChI=1S/C19H20N2O5/c1-12-7-9-14(10-8-12)21-19(24)13(2)26-17(22)11-25-16-6-4-3-5-15(16)18(20)23/h3-10,13H,11H2,1-2H3,(H2,20,23)(H,21,24)/t13-/m1/s1. The maximum absolute atomic E-state index is 12.1. The van der Waals surface area contributed by atoms with Gasteiger partial charge in [0.2, 0.25) is 0 Å². The molecule has 0 radical (unpaired) electrons. The van der Waals surface area contributed by atoms with E-state index in [1.165, 1.54) is 19.1 Å². The highest BCUT2D eigenvalue weighted by molar-refractivity contribution is 5.96. The topological polar surface area (TPSA) is 108 Å². The van der Waals surface area contributed by atoms with Gasteiger partial charge in [-0.25, -0.2) is 4.79 Å². The first-order chi connectivity index (χ1) is 12.4. The number of hydrogen-bond donors (Lipinski definition) is 2. The van der Waals surface area contributed by atoms with E-state index in [-0.39, 0.29) is 11.3 Å². The Morgan fingerprint density at radius 3 is 2.38 bits per heavy atom. The van der Waals surface area contributed by atoms with Crippen molar-refractivity contribution in [1.29, 1.82) is 0 Å². The van der Waals surface area contributed by atoms with Crippen molar-refractivity contribution in [2.75, 3.05) is 11.9 Å². The molecule has 7 heteroatoms. The number of primary amides is 1. The molecule has 3 N–H and O–H groups in total. The van der Waals surface area contributed by atoms with Crippen LogP contribution in [0.1, 0.15) is 22.8 Å². The number of nitrogens with one attached hydrogen (secondary N) is 1. The molecule has 0 bridgehead atoms. The van der Waals surface area contributed by atoms with E-state index in [2.05, 4.69) is 5.32 Å². The third-order valence-electron chi connectivity index (χ3n) is 3.49. The number of rotatable bonds is 7. The number of amides is 2. The molecule has 2 rings (SSSR count). The predicted octanol–water partition coefficient (Wildman–Crippen LogP) is 2.04. The molecule has 136 valence electrons. The molecular weight excluding hydrogens is 336 g/mol. The molecule has 7 nitrogen and oxygen atoms in total. The van der Waals surface area contributed by atoms with Crippen LogP contribution in [-0.2, 0) is 14.3 Å². The van der Waals surface area contributed by atoms with Crippen molar-refractivity contribution in [3.63, 3.8) is 0 Å². The van der Waals surface area contributed by atoms with E-state index < -0.39 is 30.5 Å². The summed E-state index contributed by atoms with van der Waals surface area (Å²) in [6, 6.07) is 13.5. The molecule has 0 aliphatic carbocycles. The van der Waals surface area contributed by atoms with Crippen molar-refractivity contribution in [2.45, 2.75) is 20.0 Å². The first-order valence-electron chi connectivity index (χ1n) is 7.95. The molecule has 2 amide bonds. The Morgan fingerprint density at radius 1 is 1.08 bits per heavy atom. The quantitative estimate of drug-likeness (QED) is 0.738. The van der Waals surface area contributed by atoms with Gasteiger partial charge in [-0.05, 0) is 38.1 Å². The summed E-state index contributed by atoms with van der Waals surface area (Å²) in [7, 11) is 0. The number of aryl methyl sites for hydroxylation is 1. The minimum absolute atomic E-state index is 0.158. The van der Waals surface area contributed by atoms with Gasteiger partial charge in [-0.15, -0.1) is 0 Å². The monoisotopic (exact) mass is 356 g/mol. The fraction of sp³-hybridized carbons (Fsp3) is 0.211. The van der Waals surface area contributed by atoms with Crippen LogP contribution < -0.4 is 15.8 Å². The molecule has 1 atom stereocenters. The molecule has 0 aliphatic heterocycles. The zero-order valence-electron chi connectivity index (χ0n) is 14.5. The van der Waals surface area contributed by atoms with Gasteiger partial charge < -0.3 is 20.5 Å². The van der Waals surface area contributed by atoms with Crippen LogP contribution in [0.25, 0.3) is 0 Å². The number of ether oxygens (including phenoxy) is 2. The number of carbonyl (C=O) groups excluding carboxylic acids is 3. The highest BCUT2D eigenvalue weighted by Crippen LogP contribution is 2.17. The fourth-order valence-electron chi connectivity index (χ4n) is 2.10. The summed E-state index contributed by atoms with van der Waals surface area (Å²) >= 11 is 0. The first-order valence-corrected chi connectivity index (χ1v) is 7.95. The Labute approximate surface area is 151 Å².